The number of imidazole rings is 1. The molecule has 9 heteroatoms. The van der Waals surface area contributed by atoms with Crippen LogP contribution in [0.15, 0.2) is 47.2 Å². The molecule has 148 valence electrons. The van der Waals surface area contributed by atoms with Gasteiger partial charge in [-0.25, -0.2) is 4.98 Å². The summed E-state index contributed by atoms with van der Waals surface area (Å²) in [5, 5.41) is 16.9. The van der Waals surface area contributed by atoms with E-state index in [1.165, 1.54) is 6.20 Å². The van der Waals surface area contributed by atoms with Gasteiger partial charge in [0.25, 0.3) is 5.91 Å². The topological polar surface area (TPSA) is 106 Å². The molecule has 0 bridgehead atoms. The molecule has 0 unspecified atom stereocenters. The minimum Gasteiger partial charge on any atom is -0.393 e. The lowest BCUT2D eigenvalue weighted by molar-refractivity contribution is 0.102. The molecule has 3 heterocycles. The Labute approximate surface area is 171 Å². The molecule has 0 radical (unpaired) electrons. The first-order chi connectivity index (χ1) is 13.9. The molecule has 4 rings (SSSR count). The van der Waals surface area contributed by atoms with E-state index in [1.807, 2.05) is 19.1 Å². The van der Waals surface area contributed by atoms with E-state index in [0.29, 0.717) is 39.3 Å². The first kappa shape index (κ1) is 19.1. The summed E-state index contributed by atoms with van der Waals surface area (Å²) in [4.78, 5) is 21.3. The molecule has 4 aromatic rings. The summed E-state index contributed by atoms with van der Waals surface area (Å²) in [5.41, 5.74) is 3.17. The number of hydrogen-bond acceptors (Lipinski definition) is 6. The van der Waals surface area contributed by atoms with E-state index in [-0.39, 0.29) is 12.3 Å². The number of benzene rings is 1. The second-order valence-corrected chi connectivity index (χ2v) is 7.20. The molecule has 0 aliphatic rings. The number of halogens is 1. The van der Waals surface area contributed by atoms with E-state index >= 15 is 0 Å². The minimum absolute atomic E-state index is 0.279. The van der Waals surface area contributed by atoms with E-state index in [2.05, 4.69) is 20.4 Å². The normalized spacial score (nSPS) is 12.3. The number of aryl methyl sites for hydroxylation is 1. The van der Waals surface area contributed by atoms with Crippen LogP contribution in [0.2, 0.25) is 5.02 Å². The second-order valence-electron chi connectivity index (χ2n) is 6.77. The van der Waals surface area contributed by atoms with Crippen molar-refractivity contribution in [2.75, 3.05) is 5.32 Å². The van der Waals surface area contributed by atoms with Crippen molar-refractivity contribution in [3.63, 3.8) is 0 Å². The van der Waals surface area contributed by atoms with Crippen LogP contribution in [0.4, 0.5) is 5.69 Å². The van der Waals surface area contributed by atoms with E-state index < -0.39 is 6.10 Å². The Bertz CT molecular complexity index is 1200. The van der Waals surface area contributed by atoms with Crippen LogP contribution in [0.5, 0.6) is 0 Å². The highest BCUT2D eigenvalue weighted by molar-refractivity contribution is 6.30. The summed E-state index contributed by atoms with van der Waals surface area (Å²) in [6.45, 7) is 3.54. The van der Waals surface area contributed by atoms with Crippen LogP contribution in [-0.2, 0) is 6.42 Å². The summed E-state index contributed by atoms with van der Waals surface area (Å²) in [6.07, 6.45) is 2.91. The second kappa shape index (κ2) is 7.65. The molecule has 0 spiro atoms. The molecule has 29 heavy (non-hydrogen) atoms. The molecule has 0 aliphatic carbocycles. The monoisotopic (exact) mass is 411 g/mol. The number of nitrogens with one attached hydrogen (secondary N) is 1. The molecule has 8 nitrogen and oxygen atoms in total. The maximum Gasteiger partial charge on any atom is 0.274 e. The average molecular weight is 412 g/mol. The van der Waals surface area contributed by atoms with Gasteiger partial charge in [0.05, 0.1) is 18.7 Å². The molecule has 0 saturated carbocycles. The van der Waals surface area contributed by atoms with E-state index in [9.17, 15) is 9.90 Å². The molecule has 0 aliphatic heterocycles. The van der Waals surface area contributed by atoms with Crippen molar-refractivity contribution in [1.29, 1.82) is 0 Å². The number of rotatable bonds is 5. The Kier molecular flexibility index (Phi) is 5.04. The molecule has 1 aromatic carbocycles. The van der Waals surface area contributed by atoms with Crippen molar-refractivity contribution < 1.29 is 14.4 Å². The van der Waals surface area contributed by atoms with E-state index in [4.69, 9.17) is 16.1 Å². The van der Waals surface area contributed by atoms with Gasteiger partial charge in [-0.2, -0.15) is 4.98 Å². The van der Waals surface area contributed by atoms with Crippen LogP contribution >= 0.6 is 11.6 Å². The maximum absolute atomic E-state index is 12.8. The highest BCUT2D eigenvalue weighted by Gasteiger charge is 2.16. The zero-order valence-corrected chi connectivity index (χ0v) is 16.5. The smallest absolute Gasteiger partial charge is 0.274 e. The Morgan fingerprint density at radius 3 is 2.97 bits per heavy atom. The fourth-order valence-corrected chi connectivity index (χ4v) is 3.07. The third-order valence-corrected chi connectivity index (χ3v) is 4.63. The number of aliphatic hydroxyl groups is 1. The number of amides is 1. The Morgan fingerprint density at radius 1 is 1.34 bits per heavy atom. The number of fused-ring (bicyclic) bond motifs is 1. The van der Waals surface area contributed by atoms with Crippen LogP contribution in [0.25, 0.3) is 17.0 Å². The highest BCUT2D eigenvalue weighted by Crippen LogP contribution is 2.24. The highest BCUT2D eigenvalue weighted by atomic mass is 35.5. The van der Waals surface area contributed by atoms with Crippen LogP contribution in [0, 0.1) is 6.92 Å². The van der Waals surface area contributed by atoms with Gasteiger partial charge in [-0.1, -0.05) is 28.9 Å². The standard InChI is InChI=1S/C20H18ClN5O3/c1-11-3-4-13(19-24-18(29-25-19)7-12(2)27)8-15(11)23-20(28)16-10-22-17-9-14(21)5-6-26(16)17/h3-6,8-10,12,27H,7H2,1-2H3,(H,23,28)/t12-/m0/s1. The number of anilines is 1. The van der Waals surface area contributed by atoms with Gasteiger partial charge in [-0.05, 0) is 31.5 Å². The largest absolute Gasteiger partial charge is 0.393 e. The maximum atomic E-state index is 12.8. The van der Waals surface area contributed by atoms with Gasteiger partial charge in [0.15, 0.2) is 0 Å². The Hall–Kier alpha value is -3.23. The number of pyridine rings is 1. The number of nitrogens with zero attached hydrogens (tertiary/aromatic N) is 4. The van der Waals surface area contributed by atoms with Gasteiger partial charge in [0.1, 0.15) is 11.3 Å². The van der Waals surface area contributed by atoms with Gasteiger partial charge in [-0.3, -0.25) is 9.20 Å². The lowest BCUT2D eigenvalue weighted by Gasteiger charge is -2.09. The number of carbonyl (C=O) groups excluding carboxylic acids is 1. The van der Waals surface area contributed by atoms with Gasteiger partial charge in [-0.15, -0.1) is 0 Å². The Balaban J connectivity index is 1.60. The summed E-state index contributed by atoms with van der Waals surface area (Å²) in [6, 6.07) is 8.87. The van der Waals surface area contributed by atoms with Crippen molar-refractivity contribution in [3.8, 4) is 11.4 Å². The lowest BCUT2D eigenvalue weighted by Crippen LogP contribution is -2.15. The zero-order valence-electron chi connectivity index (χ0n) is 15.8. The van der Waals surface area contributed by atoms with Crippen molar-refractivity contribution in [2.45, 2.75) is 26.4 Å². The molecule has 1 atom stereocenters. The number of carbonyl (C=O) groups is 1. The average Bonchev–Trinajstić information content (AvgIpc) is 3.29. The third kappa shape index (κ3) is 3.98. The van der Waals surface area contributed by atoms with E-state index in [0.717, 1.165) is 5.56 Å². The molecule has 1 amide bonds. The Morgan fingerprint density at radius 2 is 2.17 bits per heavy atom. The van der Waals surface area contributed by atoms with Crippen LogP contribution in [-0.4, -0.2) is 36.6 Å². The fraction of sp³-hybridized carbons (Fsp3) is 0.200. The minimum atomic E-state index is -0.573. The van der Waals surface area contributed by atoms with Gasteiger partial charge in [0.2, 0.25) is 11.7 Å². The fourth-order valence-electron chi connectivity index (χ4n) is 2.91. The third-order valence-electron chi connectivity index (χ3n) is 4.39. The predicted molar refractivity (Wildman–Crippen MR) is 108 cm³/mol. The van der Waals surface area contributed by atoms with Crippen LogP contribution < -0.4 is 5.32 Å². The first-order valence-electron chi connectivity index (χ1n) is 8.96. The first-order valence-corrected chi connectivity index (χ1v) is 9.34. The van der Waals surface area contributed by atoms with Crippen molar-refractivity contribution >= 4 is 28.8 Å². The molecule has 0 fully saturated rings. The molecule has 3 aromatic heterocycles. The number of aromatic nitrogens is 4. The summed E-state index contributed by atoms with van der Waals surface area (Å²) < 4.78 is 6.84. The van der Waals surface area contributed by atoms with Crippen molar-refractivity contribution in [3.05, 3.63) is 64.9 Å². The van der Waals surface area contributed by atoms with Gasteiger partial charge >= 0.3 is 0 Å². The SMILES string of the molecule is Cc1ccc(-c2noc(C[C@H](C)O)n2)cc1NC(=O)c1cnc2cc(Cl)ccn12. The van der Waals surface area contributed by atoms with Gasteiger partial charge in [0, 0.05) is 28.5 Å². The number of hydrogen-bond donors (Lipinski definition) is 2. The van der Waals surface area contributed by atoms with Gasteiger partial charge < -0.3 is 14.9 Å². The van der Waals surface area contributed by atoms with E-state index in [1.54, 1.807) is 35.7 Å². The summed E-state index contributed by atoms with van der Waals surface area (Å²) >= 11 is 5.98. The summed E-state index contributed by atoms with van der Waals surface area (Å²) in [5.74, 6) is 0.439. The van der Waals surface area contributed by atoms with Crippen LogP contribution in [0.1, 0.15) is 28.9 Å². The van der Waals surface area contributed by atoms with Crippen molar-refractivity contribution in [1.82, 2.24) is 19.5 Å². The quantitative estimate of drug-likeness (QED) is 0.520. The molecule has 2 N–H and O–H groups in total. The van der Waals surface area contributed by atoms with Crippen LogP contribution in [0.3, 0.4) is 0 Å². The summed E-state index contributed by atoms with van der Waals surface area (Å²) in [7, 11) is 0. The van der Waals surface area contributed by atoms with Crippen molar-refractivity contribution in [2.24, 2.45) is 0 Å². The number of aliphatic hydroxyl groups excluding tert-OH is 1. The zero-order chi connectivity index (χ0) is 20.5. The molecule has 0 saturated heterocycles. The lowest BCUT2D eigenvalue weighted by atomic mass is 10.1. The molecular formula is C20H18ClN5O3. The molecular weight excluding hydrogens is 394 g/mol. The predicted octanol–water partition coefficient (Wildman–Crippen LogP) is 3.52.